The van der Waals surface area contributed by atoms with Crippen LogP contribution in [0.3, 0.4) is 0 Å². The first kappa shape index (κ1) is 28.3. The van der Waals surface area contributed by atoms with Crippen LogP contribution < -0.4 is 4.74 Å². The molecule has 0 saturated heterocycles. The third-order valence-electron chi connectivity index (χ3n) is 6.20. The van der Waals surface area contributed by atoms with Crippen LogP contribution in [-0.2, 0) is 10.3 Å². The van der Waals surface area contributed by atoms with Crippen LogP contribution in [0.1, 0.15) is 73.6 Å². The number of unbranched alkanes of at least 4 members (excludes halogenated alkanes) is 1. The Kier molecular flexibility index (Phi) is 9.09. The van der Waals surface area contributed by atoms with E-state index >= 15 is 0 Å². The SMILES string of the molecule is C#CCC(CCCCOc1c(F)cccc1F)(n1cncn1)C(CC#C)(OC(C)(C)C)C(C)(C)C. The van der Waals surface area contributed by atoms with Crippen LogP contribution in [0.15, 0.2) is 30.9 Å². The maximum Gasteiger partial charge on any atom is 0.190 e. The van der Waals surface area contributed by atoms with Gasteiger partial charge in [0.2, 0.25) is 0 Å². The lowest BCUT2D eigenvalue weighted by molar-refractivity contribution is -0.240. The van der Waals surface area contributed by atoms with Crippen LogP contribution in [0.2, 0.25) is 0 Å². The number of rotatable bonds is 11. The summed E-state index contributed by atoms with van der Waals surface area (Å²) in [6, 6.07) is 3.64. The van der Waals surface area contributed by atoms with E-state index in [0.29, 0.717) is 32.1 Å². The fourth-order valence-corrected chi connectivity index (χ4v) is 4.80. The Morgan fingerprint density at radius 3 is 2.09 bits per heavy atom. The second-order valence-electron chi connectivity index (χ2n) is 10.8. The number of aromatic nitrogens is 3. The van der Waals surface area contributed by atoms with E-state index in [2.05, 4.69) is 42.7 Å². The summed E-state index contributed by atoms with van der Waals surface area (Å²) in [5.41, 5.74) is -2.72. The number of nitrogens with zero attached hydrogens (tertiary/aromatic N) is 3. The molecule has 7 heteroatoms. The smallest absolute Gasteiger partial charge is 0.190 e. The lowest BCUT2D eigenvalue weighted by atomic mass is 9.59. The Morgan fingerprint density at radius 2 is 1.60 bits per heavy atom. The van der Waals surface area contributed by atoms with E-state index < -0.39 is 33.8 Å². The third-order valence-corrected chi connectivity index (χ3v) is 6.20. The van der Waals surface area contributed by atoms with Gasteiger partial charge in [0.05, 0.1) is 12.2 Å². The summed E-state index contributed by atoms with van der Waals surface area (Å²) >= 11 is 0. The van der Waals surface area contributed by atoms with Crippen LogP contribution in [-0.4, -0.2) is 32.6 Å². The van der Waals surface area contributed by atoms with Crippen molar-refractivity contribution in [1.29, 1.82) is 0 Å². The summed E-state index contributed by atoms with van der Waals surface area (Å²) in [7, 11) is 0. The lowest BCUT2D eigenvalue weighted by Gasteiger charge is -2.58. The van der Waals surface area contributed by atoms with Crippen molar-refractivity contribution in [3.63, 3.8) is 0 Å². The normalized spacial score (nSPS) is 15.5. The van der Waals surface area contributed by atoms with Gasteiger partial charge in [0.25, 0.3) is 0 Å². The minimum absolute atomic E-state index is 0.138. The molecule has 0 fully saturated rings. The molecule has 1 aromatic carbocycles. The van der Waals surface area contributed by atoms with Crippen molar-refractivity contribution in [2.45, 2.75) is 90.4 Å². The molecule has 0 amide bonds. The summed E-state index contributed by atoms with van der Waals surface area (Å²) in [5.74, 6) is 3.84. The molecule has 1 aromatic heterocycles. The molecular formula is C28H37F2N3O2. The number of benzene rings is 1. The van der Waals surface area contributed by atoms with Crippen molar-refractivity contribution >= 4 is 0 Å². The van der Waals surface area contributed by atoms with E-state index in [-0.39, 0.29) is 12.4 Å². The summed E-state index contributed by atoms with van der Waals surface area (Å²) in [5, 5.41) is 4.50. The molecule has 0 radical (unpaired) electrons. The Labute approximate surface area is 208 Å². The van der Waals surface area contributed by atoms with Gasteiger partial charge < -0.3 is 9.47 Å². The molecule has 0 bridgehead atoms. The summed E-state index contributed by atoms with van der Waals surface area (Å²) < 4.78 is 41.9. The first-order valence-corrected chi connectivity index (χ1v) is 11.8. The molecule has 190 valence electrons. The molecule has 2 rings (SSSR count). The molecule has 0 spiro atoms. The second kappa shape index (κ2) is 11.2. The van der Waals surface area contributed by atoms with Crippen LogP contribution in [0, 0.1) is 41.7 Å². The van der Waals surface area contributed by atoms with E-state index in [0.717, 1.165) is 0 Å². The number of hydrogen-bond acceptors (Lipinski definition) is 4. The minimum Gasteiger partial charge on any atom is -0.488 e. The van der Waals surface area contributed by atoms with Gasteiger partial charge in [-0.2, -0.15) is 5.10 Å². The van der Waals surface area contributed by atoms with Gasteiger partial charge in [-0.05, 0) is 57.6 Å². The van der Waals surface area contributed by atoms with Gasteiger partial charge in [-0.1, -0.05) is 26.8 Å². The zero-order chi connectivity index (χ0) is 26.3. The van der Waals surface area contributed by atoms with Crippen molar-refractivity contribution in [3.8, 4) is 30.4 Å². The quantitative estimate of drug-likeness (QED) is 0.283. The van der Waals surface area contributed by atoms with Gasteiger partial charge in [0.1, 0.15) is 23.8 Å². The number of terminal acetylenes is 2. The molecular weight excluding hydrogens is 448 g/mol. The molecule has 0 N–H and O–H groups in total. The van der Waals surface area contributed by atoms with Crippen molar-refractivity contribution in [2.75, 3.05) is 6.61 Å². The lowest BCUT2D eigenvalue weighted by Crippen LogP contribution is -2.65. The van der Waals surface area contributed by atoms with E-state index in [1.54, 1.807) is 11.0 Å². The molecule has 0 aliphatic carbocycles. The predicted octanol–water partition coefficient (Wildman–Crippen LogP) is 6.15. The Bertz CT molecular complexity index is 1020. The van der Waals surface area contributed by atoms with Crippen molar-refractivity contribution in [3.05, 3.63) is 42.5 Å². The minimum atomic E-state index is -0.911. The number of ether oxygens (including phenoxy) is 2. The standard InChI is InChI=1S/C28H37F2N3O2/c1-9-16-27(33-21-31-20-32-33,28(17-10-2,25(3,4)5)35-26(6,7)8)18-11-12-19-34-24-22(29)14-13-15-23(24)30/h1-2,13-15,20-21H,11-12,16-19H2,3-8H3. The Hall–Kier alpha value is -2.90. The fourth-order valence-electron chi connectivity index (χ4n) is 4.80. The molecule has 0 aliphatic rings. The van der Waals surface area contributed by atoms with Gasteiger partial charge in [0.15, 0.2) is 17.4 Å². The monoisotopic (exact) mass is 485 g/mol. The molecule has 2 unspecified atom stereocenters. The highest BCUT2D eigenvalue weighted by Crippen LogP contribution is 2.53. The first-order chi connectivity index (χ1) is 16.3. The largest absolute Gasteiger partial charge is 0.488 e. The zero-order valence-electron chi connectivity index (χ0n) is 21.7. The average Bonchev–Trinajstić information content (AvgIpc) is 3.27. The van der Waals surface area contributed by atoms with Crippen LogP contribution >= 0.6 is 0 Å². The maximum absolute atomic E-state index is 13.9. The highest BCUT2D eigenvalue weighted by atomic mass is 19.1. The number of para-hydroxylation sites is 1. The number of halogens is 2. The van der Waals surface area contributed by atoms with E-state index in [9.17, 15) is 8.78 Å². The molecule has 0 saturated carbocycles. The molecule has 1 heterocycles. The summed E-state index contributed by atoms with van der Waals surface area (Å²) in [6.45, 7) is 12.4. The maximum atomic E-state index is 13.9. The molecule has 5 nitrogen and oxygen atoms in total. The second-order valence-corrected chi connectivity index (χ2v) is 10.8. The van der Waals surface area contributed by atoms with E-state index in [1.807, 2.05) is 20.8 Å². The predicted molar refractivity (Wildman–Crippen MR) is 134 cm³/mol. The molecule has 35 heavy (non-hydrogen) atoms. The van der Waals surface area contributed by atoms with Gasteiger partial charge in [-0.3, -0.25) is 0 Å². The van der Waals surface area contributed by atoms with Gasteiger partial charge in [-0.25, -0.2) is 18.4 Å². The van der Waals surface area contributed by atoms with Gasteiger partial charge in [-0.15, -0.1) is 24.7 Å². The van der Waals surface area contributed by atoms with E-state index in [4.69, 9.17) is 22.3 Å². The highest BCUT2D eigenvalue weighted by molar-refractivity contribution is 5.26. The summed E-state index contributed by atoms with van der Waals surface area (Å²) in [6.07, 6.45) is 17.3. The van der Waals surface area contributed by atoms with Crippen LogP contribution in [0.4, 0.5) is 8.78 Å². The Morgan fingerprint density at radius 1 is 0.971 bits per heavy atom. The van der Waals surface area contributed by atoms with Crippen LogP contribution in [0.5, 0.6) is 5.75 Å². The van der Waals surface area contributed by atoms with Crippen molar-refractivity contribution in [2.24, 2.45) is 5.41 Å². The topological polar surface area (TPSA) is 49.2 Å². The summed E-state index contributed by atoms with van der Waals surface area (Å²) in [4.78, 5) is 4.19. The zero-order valence-corrected chi connectivity index (χ0v) is 21.7. The highest BCUT2D eigenvalue weighted by Gasteiger charge is 2.61. The van der Waals surface area contributed by atoms with Crippen molar-refractivity contribution < 1.29 is 18.3 Å². The molecule has 2 atom stereocenters. The third kappa shape index (κ3) is 6.21. The number of hydrogen-bond donors (Lipinski definition) is 0. The molecule has 0 aliphatic heterocycles. The van der Waals surface area contributed by atoms with Crippen molar-refractivity contribution in [1.82, 2.24) is 14.8 Å². The molecule has 2 aromatic rings. The first-order valence-electron chi connectivity index (χ1n) is 11.8. The Balaban J connectivity index is 2.45. The van der Waals surface area contributed by atoms with Crippen LogP contribution in [0.25, 0.3) is 0 Å². The van der Waals surface area contributed by atoms with Gasteiger partial charge in [0, 0.05) is 12.8 Å². The van der Waals surface area contributed by atoms with E-state index in [1.165, 1.54) is 24.5 Å². The fraction of sp³-hybridized carbons (Fsp3) is 0.571. The average molecular weight is 486 g/mol. The van der Waals surface area contributed by atoms with Gasteiger partial charge >= 0.3 is 0 Å².